The zero-order valence-electron chi connectivity index (χ0n) is 16.1. The van der Waals surface area contributed by atoms with Crippen LogP contribution in [0.1, 0.15) is 23.9 Å². The van der Waals surface area contributed by atoms with E-state index in [4.69, 9.17) is 0 Å². The summed E-state index contributed by atoms with van der Waals surface area (Å²) in [7, 11) is -3.51. The second kappa shape index (κ2) is 7.93. The summed E-state index contributed by atoms with van der Waals surface area (Å²) in [5, 5.41) is 9.18. The monoisotopic (exact) mass is 411 g/mol. The van der Waals surface area contributed by atoms with Crippen molar-refractivity contribution in [3.8, 4) is 28.5 Å². The Hall–Kier alpha value is -3.38. The van der Waals surface area contributed by atoms with Crippen LogP contribution in [0.3, 0.4) is 0 Å². The minimum Gasteiger partial charge on any atom is -0.282 e. The van der Waals surface area contributed by atoms with Crippen LogP contribution in [0.15, 0.2) is 36.8 Å². The van der Waals surface area contributed by atoms with Gasteiger partial charge in [0.05, 0.1) is 40.7 Å². The van der Waals surface area contributed by atoms with E-state index in [1.807, 2.05) is 13.0 Å². The van der Waals surface area contributed by atoms with Gasteiger partial charge >= 0.3 is 0 Å². The van der Waals surface area contributed by atoms with E-state index in [-0.39, 0.29) is 5.56 Å². The summed E-state index contributed by atoms with van der Waals surface area (Å²) >= 11 is 0. The average Bonchev–Trinajstić information content (AvgIpc) is 2.68. The SMILES string of the molecule is CCc1ncnc(-c2cc(C#N)ccc2F)c1-c1cnc(C)c(NS(C)(=O)=O)c1. The van der Waals surface area contributed by atoms with Crippen molar-refractivity contribution in [2.75, 3.05) is 11.0 Å². The summed E-state index contributed by atoms with van der Waals surface area (Å²) in [6, 6.07) is 7.65. The summed E-state index contributed by atoms with van der Waals surface area (Å²) in [5.74, 6) is -0.527. The second-order valence-electron chi connectivity index (χ2n) is 6.44. The van der Waals surface area contributed by atoms with Crippen molar-refractivity contribution in [1.82, 2.24) is 15.0 Å². The van der Waals surface area contributed by atoms with Gasteiger partial charge in [0.25, 0.3) is 0 Å². The molecule has 148 valence electrons. The average molecular weight is 411 g/mol. The van der Waals surface area contributed by atoms with Crippen LogP contribution in [0, 0.1) is 24.1 Å². The molecule has 0 aliphatic carbocycles. The first kappa shape index (κ1) is 20.4. The molecule has 0 radical (unpaired) electrons. The van der Waals surface area contributed by atoms with Crippen molar-refractivity contribution in [2.45, 2.75) is 20.3 Å². The van der Waals surface area contributed by atoms with Crippen LogP contribution in [-0.2, 0) is 16.4 Å². The molecule has 2 heterocycles. The number of benzene rings is 1. The number of hydrogen-bond acceptors (Lipinski definition) is 6. The van der Waals surface area contributed by atoms with E-state index in [1.54, 1.807) is 19.2 Å². The lowest BCUT2D eigenvalue weighted by molar-refractivity contribution is 0.606. The van der Waals surface area contributed by atoms with Crippen LogP contribution in [0.2, 0.25) is 0 Å². The van der Waals surface area contributed by atoms with Gasteiger partial charge in [0.15, 0.2) is 0 Å². The standard InChI is InChI=1S/C20H18FN5O2S/c1-4-17-19(14-8-18(12(2)23-10-14)26-29(3,27)28)20(25-11-24-17)15-7-13(9-22)5-6-16(15)21/h5-8,10-11,26H,4H2,1-3H3. The minimum absolute atomic E-state index is 0.161. The lowest BCUT2D eigenvalue weighted by atomic mass is 9.96. The molecule has 3 rings (SSSR count). The lowest BCUT2D eigenvalue weighted by Crippen LogP contribution is -2.11. The highest BCUT2D eigenvalue weighted by molar-refractivity contribution is 7.92. The van der Waals surface area contributed by atoms with Crippen LogP contribution in [-0.4, -0.2) is 29.6 Å². The fourth-order valence-electron chi connectivity index (χ4n) is 2.95. The molecule has 3 aromatic rings. The minimum atomic E-state index is -3.51. The highest BCUT2D eigenvalue weighted by atomic mass is 32.2. The quantitative estimate of drug-likeness (QED) is 0.689. The van der Waals surface area contributed by atoms with Gasteiger partial charge < -0.3 is 0 Å². The molecule has 0 saturated heterocycles. The van der Waals surface area contributed by atoms with Gasteiger partial charge in [0.2, 0.25) is 10.0 Å². The fourth-order valence-corrected chi connectivity index (χ4v) is 3.55. The third kappa shape index (κ3) is 4.38. The normalized spacial score (nSPS) is 11.1. The van der Waals surface area contributed by atoms with Crippen LogP contribution >= 0.6 is 0 Å². The van der Waals surface area contributed by atoms with Crippen LogP contribution < -0.4 is 4.72 Å². The molecule has 1 aromatic carbocycles. The summed E-state index contributed by atoms with van der Waals surface area (Å²) in [5.41, 5.74) is 3.29. The van der Waals surface area contributed by atoms with Crippen LogP contribution in [0.5, 0.6) is 0 Å². The van der Waals surface area contributed by atoms with E-state index in [0.717, 1.165) is 6.26 Å². The molecule has 0 fully saturated rings. The third-order valence-electron chi connectivity index (χ3n) is 4.28. The van der Waals surface area contributed by atoms with Gasteiger partial charge in [0, 0.05) is 22.9 Å². The molecule has 29 heavy (non-hydrogen) atoms. The Morgan fingerprint density at radius 2 is 1.97 bits per heavy atom. The molecule has 0 spiro atoms. The van der Waals surface area contributed by atoms with Crippen molar-refractivity contribution >= 4 is 15.7 Å². The topological polar surface area (TPSA) is 109 Å². The molecule has 1 N–H and O–H groups in total. The Morgan fingerprint density at radius 3 is 2.62 bits per heavy atom. The predicted octanol–water partition coefficient (Wildman–Crippen LogP) is 3.46. The number of aromatic nitrogens is 3. The van der Waals surface area contributed by atoms with Crippen LogP contribution in [0.4, 0.5) is 10.1 Å². The van der Waals surface area contributed by atoms with Gasteiger partial charge in [-0.15, -0.1) is 0 Å². The number of sulfonamides is 1. The molecule has 0 aliphatic heterocycles. The maximum absolute atomic E-state index is 14.6. The smallest absolute Gasteiger partial charge is 0.229 e. The number of hydrogen-bond donors (Lipinski definition) is 1. The van der Waals surface area contributed by atoms with E-state index in [0.29, 0.717) is 45.9 Å². The Labute approximate surface area is 168 Å². The van der Waals surface area contributed by atoms with Gasteiger partial charge in [-0.1, -0.05) is 6.92 Å². The molecule has 7 nitrogen and oxygen atoms in total. The van der Waals surface area contributed by atoms with Crippen molar-refractivity contribution in [2.24, 2.45) is 0 Å². The highest BCUT2D eigenvalue weighted by Crippen LogP contribution is 2.35. The molecule has 2 aromatic heterocycles. The molecule has 0 bridgehead atoms. The van der Waals surface area contributed by atoms with E-state index in [1.165, 1.54) is 24.5 Å². The van der Waals surface area contributed by atoms with Gasteiger partial charge in [-0.05, 0) is 37.6 Å². The molecular formula is C20H18FN5O2S. The zero-order valence-corrected chi connectivity index (χ0v) is 16.9. The Bertz CT molecular complexity index is 1240. The lowest BCUT2D eigenvalue weighted by Gasteiger charge is -2.15. The summed E-state index contributed by atoms with van der Waals surface area (Å²) < 4.78 is 40.4. The molecular weight excluding hydrogens is 393 g/mol. The Morgan fingerprint density at radius 1 is 1.21 bits per heavy atom. The predicted molar refractivity (Wildman–Crippen MR) is 108 cm³/mol. The molecule has 0 saturated carbocycles. The maximum atomic E-state index is 14.6. The largest absolute Gasteiger partial charge is 0.282 e. The third-order valence-corrected chi connectivity index (χ3v) is 4.87. The molecule has 9 heteroatoms. The first-order chi connectivity index (χ1) is 13.7. The van der Waals surface area contributed by atoms with Crippen LogP contribution in [0.25, 0.3) is 22.4 Å². The van der Waals surface area contributed by atoms with Crippen molar-refractivity contribution in [3.63, 3.8) is 0 Å². The first-order valence-electron chi connectivity index (χ1n) is 8.72. The Kier molecular flexibility index (Phi) is 5.57. The maximum Gasteiger partial charge on any atom is 0.229 e. The number of nitrogens with one attached hydrogen (secondary N) is 1. The van der Waals surface area contributed by atoms with E-state index in [9.17, 15) is 18.1 Å². The first-order valence-corrected chi connectivity index (χ1v) is 10.6. The van der Waals surface area contributed by atoms with Gasteiger partial charge in [-0.2, -0.15) is 5.26 Å². The summed E-state index contributed by atoms with van der Waals surface area (Å²) in [6.07, 6.45) is 4.49. The molecule has 0 amide bonds. The zero-order chi connectivity index (χ0) is 21.2. The van der Waals surface area contributed by atoms with Gasteiger partial charge in [0.1, 0.15) is 12.1 Å². The van der Waals surface area contributed by atoms with E-state index >= 15 is 0 Å². The molecule has 0 unspecified atom stereocenters. The number of nitriles is 1. The van der Waals surface area contributed by atoms with Gasteiger partial charge in [-0.3, -0.25) is 9.71 Å². The van der Waals surface area contributed by atoms with E-state index in [2.05, 4.69) is 19.7 Å². The van der Waals surface area contributed by atoms with Crippen molar-refractivity contribution < 1.29 is 12.8 Å². The fraction of sp³-hybridized carbons (Fsp3) is 0.200. The summed E-state index contributed by atoms with van der Waals surface area (Å²) in [4.78, 5) is 12.8. The number of nitrogens with zero attached hydrogens (tertiary/aromatic N) is 4. The van der Waals surface area contributed by atoms with Crippen molar-refractivity contribution in [1.29, 1.82) is 5.26 Å². The summed E-state index contributed by atoms with van der Waals surface area (Å²) in [6.45, 7) is 3.57. The van der Waals surface area contributed by atoms with Gasteiger partial charge in [-0.25, -0.2) is 22.8 Å². The highest BCUT2D eigenvalue weighted by Gasteiger charge is 2.19. The second-order valence-corrected chi connectivity index (χ2v) is 8.18. The molecule has 0 aliphatic rings. The number of halogens is 1. The number of aryl methyl sites for hydroxylation is 2. The van der Waals surface area contributed by atoms with E-state index < -0.39 is 15.8 Å². The number of anilines is 1. The van der Waals surface area contributed by atoms with Crippen molar-refractivity contribution in [3.05, 3.63) is 59.6 Å². The number of pyridine rings is 1. The number of rotatable bonds is 5. The Balaban J connectivity index is 2.29. The molecule has 0 atom stereocenters.